The van der Waals surface area contributed by atoms with Gasteiger partial charge in [0, 0.05) is 11.1 Å². The molecule has 24 heavy (non-hydrogen) atoms. The molecule has 3 rings (SSSR count). The van der Waals surface area contributed by atoms with Crippen molar-refractivity contribution < 1.29 is 13.9 Å². The van der Waals surface area contributed by atoms with E-state index in [-0.39, 0.29) is 18.1 Å². The number of oxazole rings is 1. The Morgan fingerprint density at radius 1 is 1.04 bits per heavy atom. The van der Waals surface area contributed by atoms with Crippen LogP contribution in [0.1, 0.15) is 12.8 Å². The monoisotopic (exact) mass is 319 g/mol. The second-order valence-corrected chi connectivity index (χ2v) is 5.13. The molecule has 0 saturated heterocycles. The zero-order valence-electron chi connectivity index (χ0n) is 13.4. The summed E-state index contributed by atoms with van der Waals surface area (Å²) in [6.45, 7) is 5.77. The highest BCUT2D eigenvalue weighted by atomic mass is 16.5. The molecule has 4 nitrogen and oxygen atoms in total. The third-order valence-corrected chi connectivity index (χ3v) is 3.49. The summed E-state index contributed by atoms with van der Waals surface area (Å²) in [6, 6.07) is 19.3. The highest BCUT2D eigenvalue weighted by Gasteiger charge is 2.22. The molecule has 0 bridgehead atoms. The number of carbonyl (C=O) groups is 1. The fraction of sp³-hybridized carbons (Fsp3) is 0.100. The Morgan fingerprint density at radius 3 is 2.21 bits per heavy atom. The Morgan fingerprint density at radius 2 is 1.62 bits per heavy atom. The smallest absolute Gasteiger partial charge is 0.343 e. The molecule has 2 aromatic carbocycles. The van der Waals surface area contributed by atoms with Gasteiger partial charge in [-0.3, -0.25) is 0 Å². The average molecular weight is 319 g/mol. The van der Waals surface area contributed by atoms with Gasteiger partial charge in [0.15, 0.2) is 5.76 Å². The molecule has 0 amide bonds. The van der Waals surface area contributed by atoms with Gasteiger partial charge in [0.25, 0.3) is 0 Å². The van der Waals surface area contributed by atoms with E-state index in [1.165, 1.54) is 0 Å². The largest absolute Gasteiger partial charge is 0.462 e. The normalized spacial score (nSPS) is 10.4. The van der Waals surface area contributed by atoms with E-state index in [0.717, 1.165) is 11.1 Å². The van der Waals surface area contributed by atoms with Gasteiger partial charge < -0.3 is 9.15 Å². The Hall–Kier alpha value is -3.14. The summed E-state index contributed by atoms with van der Waals surface area (Å²) in [7, 11) is 0. The molecule has 0 radical (unpaired) electrons. The first-order valence-corrected chi connectivity index (χ1v) is 7.68. The maximum absolute atomic E-state index is 11.9. The SMILES string of the molecule is C=C(C(=O)OCC)c1nc(-c2ccccc2)c(-c2ccccc2)o1. The van der Waals surface area contributed by atoms with Crippen molar-refractivity contribution in [3.8, 4) is 22.6 Å². The van der Waals surface area contributed by atoms with Crippen LogP contribution < -0.4 is 0 Å². The zero-order chi connectivity index (χ0) is 16.9. The van der Waals surface area contributed by atoms with E-state index in [9.17, 15) is 4.79 Å². The molecule has 0 aliphatic rings. The molecule has 1 heterocycles. The van der Waals surface area contributed by atoms with E-state index in [2.05, 4.69) is 11.6 Å². The molecule has 0 unspecified atom stereocenters. The van der Waals surface area contributed by atoms with E-state index in [1.54, 1.807) is 6.92 Å². The molecular formula is C20H17NO3. The Balaban J connectivity index is 2.10. The average Bonchev–Trinajstić information content (AvgIpc) is 3.08. The second kappa shape index (κ2) is 6.96. The number of aromatic nitrogens is 1. The standard InChI is InChI=1S/C20H17NO3/c1-3-23-20(22)14(2)19-21-17(15-10-6-4-7-11-15)18(24-19)16-12-8-5-9-13-16/h4-13H,2-3H2,1H3. The van der Waals surface area contributed by atoms with Crippen molar-refractivity contribution in [3.05, 3.63) is 73.1 Å². The van der Waals surface area contributed by atoms with Crippen LogP contribution in [0.25, 0.3) is 28.2 Å². The molecule has 0 fully saturated rings. The van der Waals surface area contributed by atoms with Crippen molar-refractivity contribution in [2.24, 2.45) is 0 Å². The van der Waals surface area contributed by atoms with Crippen molar-refractivity contribution in [2.45, 2.75) is 6.92 Å². The van der Waals surface area contributed by atoms with Gasteiger partial charge in [0.2, 0.25) is 5.89 Å². The van der Waals surface area contributed by atoms with Gasteiger partial charge in [0.05, 0.1) is 6.61 Å². The molecule has 0 atom stereocenters. The number of carbonyl (C=O) groups excluding carboxylic acids is 1. The molecule has 0 spiro atoms. The first kappa shape index (κ1) is 15.7. The van der Waals surface area contributed by atoms with Gasteiger partial charge in [-0.2, -0.15) is 0 Å². The Bertz CT molecular complexity index is 794. The maximum atomic E-state index is 11.9. The minimum atomic E-state index is -0.530. The number of rotatable bonds is 5. The van der Waals surface area contributed by atoms with Crippen LogP contribution in [0.4, 0.5) is 0 Å². The number of nitrogens with zero attached hydrogens (tertiary/aromatic N) is 1. The predicted octanol–water partition coefficient (Wildman–Crippen LogP) is 4.58. The lowest BCUT2D eigenvalue weighted by atomic mass is 10.1. The fourth-order valence-corrected chi connectivity index (χ4v) is 2.33. The lowest BCUT2D eigenvalue weighted by molar-refractivity contribution is -0.136. The van der Waals surface area contributed by atoms with Crippen LogP contribution in [0.3, 0.4) is 0 Å². The van der Waals surface area contributed by atoms with E-state index >= 15 is 0 Å². The summed E-state index contributed by atoms with van der Waals surface area (Å²) >= 11 is 0. The van der Waals surface area contributed by atoms with Crippen molar-refractivity contribution in [1.29, 1.82) is 0 Å². The summed E-state index contributed by atoms with van der Waals surface area (Å²) < 4.78 is 10.9. The zero-order valence-corrected chi connectivity index (χ0v) is 13.4. The minimum Gasteiger partial charge on any atom is -0.462 e. The molecule has 120 valence electrons. The number of ether oxygens (including phenoxy) is 1. The molecular weight excluding hydrogens is 302 g/mol. The van der Waals surface area contributed by atoms with Crippen LogP contribution in [0.15, 0.2) is 71.7 Å². The van der Waals surface area contributed by atoms with E-state index in [1.807, 2.05) is 60.7 Å². The van der Waals surface area contributed by atoms with Crippen LogP contribution in [0, 0.1) is 0 Å². The summed E-state index contributed by atoms with van der Waals surface area (Å²) in [5, 5.41) is 0. The van der Waals surface area contributed by atoms with Crippen molar-refractivity contribution >= 4 is 11.5 Å². The van der Waals surface area contributed by atoms with Gasteiger partial charge in [-0.25, -0.2) is 9.78 Å². The van der Waals surface area contributed by atoms with Crippen molar-refractivity contribution in [1.82, 2.24) is 4.98 Å². The highest BCUT2D eigenvalue weighted by molar-refractivity contribution is 6.14. The lowest BCUT2D eigenvalue weighted by Crippen LogP contribution is -2.05. The van der Waals surface area contributed by atoms with Crippen LogP contribution in [0.5, 0.6) is 0 Å². The van der Waals surface area contributed by atoms with E-state index in [4.69, 9.17) is 9.15 Å². The van der Waals surface area contributed by atoms with Gasteiger partial charge >= 0.3 is 5.97 Å². The first-order chi connectivity index (χ1) is 11.7. The molecule has 1 aromatic heterocycles. The molecule has 3 aromatic rings. The number of esters is 1. The third-order valence-electron chi connectivity index (χ3n) is 3.49. The van der Waals surface area contributed by atoms with Crippen molar-refractivity contribution in [2.75, 3.05) is 6.61 Å². The first-order valence-electron chi connectivity index (χ1n) is 7.68. The molecule has 0 saturated carbocycles. The maximum Gasteiger partial charge on any atom is 0.343 e. The Kier molecular flexibility index (Phi) is 4.57. The van der Waals surface area contributed by atoms with E-state index in [0.29, 0.717) is 11.5 Å². The van der Waals surface area contributed by atoms with Crippen LogP contribution in [0.2, 0.25) is 0 Å². The number of hydrogen-bond acceptors (Lipinski definition) is 4. The molecule has 0 N–H and O–H groups in total. The summed E-state index contributed by atoms with van der Waals surface area (Å²) in [5.41, 5.74) is 2.56. The lowest BCUT2D eigenvalue weighted by Gasteiger charge is -2.01. The van der Waals surface area contributed by atoms with Gasteiger partial charge in [-0.1, -0.05) is 67.2 Å². The van der Waals surface area contributed by atoms with Crippen molar-refractivity contribution in [3.63, 3.8) is 0 Å². The fourth-order valence-electron chi connectivity index (χ4n) is 2.33. The van der Waals surface area contributed by atoms with Gasteiger partial charge in [-0.15, -0.1) is 0 Å². The third kappa shape index (κ3) is 3.13. The minimum absolute atomic E-state index is 0.108. The predicted molar refractivity (Wildman–Crippen MR) is 93.0 cm³/mol. The summed E-state index contributed by atoms with van der Waals surface area (Å²) in [5.74, 6) is 0.242. The van der Waals surface area contributed by atoms with Crippen LogP contribution in [-0.2, 0) is 9.53 Å². The van der Waals surface area contributed by atoms with Crippen LogP contribution >= 0.6 is 0 Å². The number of hydrogen-bond donors (Lipinski definition) is 0. The summed E-state index contributed by atoms with van der Waals surface area (Å²) in [6.07, 6.45) is 0. The summed E-state index contributed by atoms with van der Waals surface area (Å²) in [4.78, 5) is 16.4. The molecule has 0 aliphatic carbocycles. The molecule has 4 heteroatoms. The highest BCUT2D eigenvalue weighted by Crippen LogP contribution is 2.34. The number of benzene rings is 2. The Labute approximate surface area is 140 Å². The quantitative estimate of drug-likeness (QED) is 0.510. The van der Waals surface area contributed by atoms with Crippen LogP contribution in [-0.4, -0.2) is 17.6 Å². The second-order valence-electron chi connectivity index (χ2n) is 5.13. The molecule has 0 aliphatic heterocycles. The van der Waals surface area contributed by atoms with E-state index < -0.39 is 5.97 Å². The van der Waals surface area contributed by atoms with Gasteiger partial charge in [-0.05, 0) is 6.92 Å². The topological polar surface area (TPSA) is 52.3 Å². The van der Waals surface area contributed by atoms with Gasteiger partial charge in [0.1, 0.15) is 11.3 Å².